The third-order valence-corrected chi connectivity index (χ3v) is 10.1. The van der Waals surface area contributed by atoms with Gasteiger partial charge in [0, 0.05) is 8.79 Å². The molecule has 1 aliphatic rings. The molecule has 0 unspecified atom stereocenters. The van der Waals surface area contributed by atoms with Crippen molar-refractivity contribution >= 4 is 14.3 Å². The zero-order chi connectivity index (χ0) is 23.5. The first-order chi connectivity index (χ1) is 13.5. The molecule has 1 aliphatic carbocycles. The van der Waals surface area contributed by atoms with E-state index in [1.807, 2.05) is 26.8 Å². The Morgan fingerprint density at radius 3 is 2.56 bits per heavy atom. The third kappa shape index (κ3) is 7.08. The molecule has 0 saturated carbocycles. The van der Waals surface area contributed by atoms with E-state index >= 15 is 0 Å². The molecule has 27 heavy (non-hydrogen) atoms. The maximum Gasteiger partial charge on any atom is 0.330 e. The Bertz CT molecular complexity index is 741. The summed E-state index contributed by atoms with van der Waals surface area (Å²) in [5, 5.41) is -0.0900. The minimum absolute atomic E-state index is 0.0900. The van der Waals surface area contributed by atoms with Gasteiger partial charge in [0.15, 0.2) is 8.32 Å². The molecule has 154 valence electrons. The van der Waals surface area contributed by atoms with Crippen molar-refractivity contribution in [2.45, 2.75) is 97.3 Å². The molecule has 0 bridgehead atoms. The molecule has 1 rings (SSSR count). The van der Waals surface area contributed by atoms with Crippen molar-refractivity contribution in [3.05, 3.63) is 34.9 Å². The fourth-order valence-corrected chi connectivity index (χ4v) is 4.44. The van der Waals surface area contributed by atoms with Gasteiger partial charge >= 0.3 is 5.97 Å². The molecule has 3 nitrogen and oxygen atoms in total. The van der Waals surface area contributed by atoms with E-state index in [9.17, 15) is 4.79 Å². The molecule has 0 aromatic heterocycles. The molecule has 0 saturated heterocycles. The van der Waals surface area contributed by atoms with Crippen molar-refractivity contribution in [1.82, 2.24) is 0 Å². The van der Waals surface area contributed by atoms with Gasteiger partial charge in [-0.25, -0.2) is 4.79 Å². The molecule has 1 atom stereocenters. The Hall–Kier alpha value is -1.13. The van der Waals surface area contributed by atoms with E-state index in [2.05, 4.69) is 39.9 Å². The van der Waals surface area contributed by atoms with Crippen LogP contribution in [0.1, 0.15) is 77.7 Å². The monoisotopic (exact) mass is 395 g/mol. The molecular formula is C23H40O3Si. The fraction of sp³-hybridized carbons (Fsp3) is 0.696. The smallest absolute Gasteiger partial charge is 0.330 e. The van der Waals surface area contributed by atoms with E-state index in [0.29, 0.717) is 31.3 Å². The lowest BCUT2D eigenvalue weighted by Gasteiger charge is -2.45. The van der Waals surface area contributed by atoms with Crippen LogP contribution in [0, 0.1) is 0 Å². The van der Waals surface area contributed by atoms with Crippen molar-refractivity contribution in [1.29, 1.82) is 0 Å². The Balaban J connectivity index is 3.60. The fourth-order valence-electron chi connectivity index (χ4n) is 2.81. The van der Waals surface area contributed by atoms with Crippen LogP contribution in [0.15, 0.2) is 34.9 Å². The van der Waals surface area contributed by atoms with Gasteiger partial charge in [-0.2, -0.15) is 0 Å². The number of carbonyl (C=O) groups excluding carboxylic acids is 1. The third-order valence-electron chi connectivity index (χ3n) is 5.49. The van der Waals surface area contributed by atoms with Gasteiger partial charge in [0.25, 0.3) is 0 Å². The molecule has 0 heterocycles. The molecule has 0 aromatic rings. The Kier molecular flexibility index (Phi) is 6.67. The minimum Gasteiger partial charge on any atom is -0.466 e. The van der Waals surface area contributed by atoms with E-state index in [4.69, 9.17) is 13.3 Å². The van der Waals surface area contributed by atoms with Gasteiger partial charge in [-0.05, 0) is 76.5 Å². The molecule has 0 spiro atoms. The Morgan fingerprint density at radius 2 is 2.04 bits per heavy atom. The maximum atomic E-state index is 12.4. The summed E-state index contributed by atoms with van der Waals surface area (Å²) in [6.07, 6.45) is 4.45. The second-order valence-electron chi connectivity index (χ2n) is 9.30. The summed E-state index contributed by atoms with van der Waals surface area (Å²) in [7, 11) is -1.09. The Labute approximate surface area is 172 Å². The second-order valence-corrected chi connectivity index (χ2v) is 14.0. The normalized spacial score (nSPS) is 26.7. The highest BCUT2D eigenvalue weighted by Gasteiger charge is 2.44. The SMILES string of the molecule is [2H]/C(C(=O)OC)=C1/C([2H])([2H])C(CCC=C(C)C)=CCC[C@@]1(C)O[Si](C)(C)C(C)(C)C. The van der Waals surface area contributed by atoms with E-state index in [-0.39, 0.29) is 10.6 Å². The van der Waals surface area contributed by atoms with E-state index in [0.717, 1.165) is 0 Å². The van der Waals surface area contributed by atoms with Gasteiger partial charge in [0.2, 0.25) is 0 Å². The highest BCUT2D eigenvalue weighted by Crippen LogP contribution is 2.44. The van der Waals surface area contributed by atoms with E-state index < -0.39 is 32.3 Å². The van der Waals surface area contributed by atoms with Crippen LogP contribution in [0.4, 0.5) is 0 Å². The van der Waals surface area contributed by atoms with E-state index in [1.54, 1.807) is 0 Å². The molecule has 0 amide bonds. The van der Waals surface area contributed by atoms with Gasteiger partial charge in [-0.1, -0.05) is 44.1 Å². The van der Waals surface area contributed by atoms with Crippen LogP contribution in [0.25, 0.3) is 0 Å². The van der Waals surface area contributed by atoms with Gasteiger partial charge < -0.3 is 9.16 Å². The highest BCUT2D eigenvalue weighted by atomic mass is 28.4. The number of esters is 1. The number of carbonyl (C=O) groups is 1. The molecule has 0 aliphatic heterocycles. The topological polar surface area (TPSA) is 35.5 Å². The van der Waals surface area contributed by atoms with Gasteiger partial charge in [-0.15, -0.1) is 0 Å². The number of allylic oxidation sites excluding steroid dienone is 4. The van der Waals surface area contributed by atoms with Crippen LogP contribution in [0.3, 0.4) is 0 Å². The number of rotatable bonds is 6. The lowest BCUT2D eigenvalue weighted by atomic mass is 9.88. The zero-order valence-corrected chi connectivity index (χ0v) is 19.7. The lowest BCUT2D eigenvalue weighted by Crippen LogP contribution is -2.49. The van der Waals surface area contributed by atoms with Crippen LogP contribution in [0.5, 0.6) is 0 Å². The molecule has 0 N–H and O–H groups in total. The largest absolute Gasteiger partial charge is 0.466 e. The van der Waals surface area contributed by atoms with Crippen molar-refractivity contribution in [2.24, 2.45) is 0 Å². The number of methoxy groups -OCH3 is 1. The summed E-state index contributed by atoms with van der Waals surface area (Å²) in [5.74, 6) is -0.829. The summed E-state index contributed by atoms with van der Waals surface area (Å²) >= 11 is 0. The first kappa shape index (κ1) is 19.2. The summed E-state index contributed by atoms with van der Waals surface area (Å²) in [5.41, 5.74) is 0.813. The van der Waals surface area contributed by atoms with Crippen LogP contribution >= 0.6 is 0 Å². The molecular weight excluding hydrogens is 352 g/mol. The van der Waals surface area contributed by atoms with Crippen molar-refractivity contribution in [3.8, 4) is 0 Å². The second kappa shape index (κ2) is 9.38. The summed E-state index contributed by atoms with van der Waals surface area (Å²) < 4.78 is 38.1. The van der Waals surface area contributed by atoms with Crippen LogP contribution < -0.4 is 0 Å². The van der Waals surface area contributed by atoms with E-state index in [1.165, 1.54) is 12.7 Å². The summed E-state index contributed by atoms with van der Waals surface area (Å²) in [6.45, 7) is 16.5. The highest BCUT2D eigenvalue weighted by molar-refractivity contribution is 6.74. The maximum absolute atomic E-state index is 12.4. The predicted molar refractivity (Wildman–Crippen MR) is 117 cm³/mol. The van der Waals surface area contributed by atoms with Crippen molar-refractivity contribution in [3.63, 3.8) is 0 Å². The van der Waals surface area contributed by atoms with Crippen molar-refractivity contribution < 1.29 is 18.1 Å². The lowest BCUT2D eigenvalue weighted by molar-refractivity contribution is -0.135. The zero-order valence-electron chi connectivity index (χ0n) is 21.7. The average Bonchev–Trinajstić information content (AvgIpc) is 2.65. The first-order valence-corrected chi connectivity index (χ1v) is 12.7. The summed E-state index contributed by atoms with van der Waals surface area (Å²) in [6, 6.07) is -0.432. The quantitative estimate of drug-likeness (QED) is 0.217. The van der Waals surface area contributed by atoms with Crippen LogP contribution in [0.2, 0.25) is 18.1 Å². The molecule has 4 heteroatoms. The molecule has 0 fully saturated rings. The number of hydrogen-bond donors (Lipinski definition) is 0. The van der Waals surface area contributed by atoms with Gasteiger partial charge in [0.05, 0.1) is 14.1 Å². The number of hydrogen-bond acceptors (Lipinski definition) is 3. The first-order valence-electron chi connectivity index (χ1n) is 11.3. The van der Waals surface area contributed by atoms with Crippen LogP contribution in [-0.2, 0) is 14.0 Å². The Morgan fingerprint density at radius 1 is 1.41 bits per heavy atom. The van der Waals surface area contributed by atoms with Gasteiger partial charge in [0.1, 0.15) is 0 Å². The standard InChI is InChI=1S/C23H40O3Si/c1-18(2)12-10-13-19-14-11-15-23(6,20(16-19)17-21(24)25-7)26-27(8,9)22(3,4)5/h12,14,17H,10-11,13,15-16H2,1-9H3/b20-17+/t23-/m1/s1/i16D2,17D. The van der Waals surface area contributed by atoms with Crippen LogP contribution in [-0.4, -0.2) is 27.0 Å². The molecule has 0 radical (unpaired) electrons. The van der Waals surface area contributed by atoms with Crippen molar-refractivity contribution in [2.75, 3.05) is 7.11 Å². The molecule has 0 aromatic carbocycles. The summed E-state index contributed by atoms with van der Waals surface area (Å²) in [4.78, 5) is 12.4. The minimum atomic E-state index is -2.31. The predicted octanol–water partition coefficient (Wildman–Crippen LogP) is 6.72. The van der Waals surface area contributed by atoms with Gasteiger partial charge in [-0.3, -0.25) is 0 Å². The average molecular weight is 396 g/mol. The number of ether oxygens (including phenoxy) is 1.